The maximum absolute atomic E-state index is 12.5. The van der Waals surface area contributed by atoms with Crippen molar-refractivity contribution in [3.63, 3.8) is 0 Å². The van der Waals surface area contributed by atoms with Crippen molar-refractivity contribution < 1.29 is 14.3 Å². The predicted molar refractivity (Wildman–Crippen MR) is 71.4 cm³/mol. The van der Waals surface area contributed by atoms with Gasteiger partial charge >= 0.3 is 5.97 Å². The van der Waals surface area contributed by atoms with Crippen LogP contribution in [0.4, 0.5) is 5.69 Å². The highest BCUT2D eigenvalue weighted by Gasteiger charge is 2.53. The first-order chi connectivity index (χ1) is 8.56. The number of fused-ring (bicyclic) bond motifs is 1. The van der Waals surface area contributed by atoms with Gasteiger partial charge in [-0.15, -0.1) is 11.8 Å². The second-order valence-corrected chi connectivity index (χ2v) is 4.96. The van der Waals surface area contributed by atoms with Crippen molar-refractivity contribution in [1.82, 2.24) is 0 Å². The lowest BCUT2D eigenvalue weighted by Crippen LogP contribution is -2.40. The molecule has 0 N–H and O–H groups in total. The lowest BCUT2D eigenvalue weighted by molar-refractivity contribution is -0.155. The number of hydrogen-bond donors (Lipinski definition) is 0. The average molecular weight is 265 g/mol. The number of carbonyl (C=O) groups excluding carboxylic acids is 2. The zero-order valence-corrected chi connectivity index (χ0v) is 11.4. The van der Waals surface area contributed by atoms with Crippen molar-refractivity contribution in [2.75, 3.05) is 17.7 Å². The zero-order chi connectivity index (χ0) is 13.3. The van der Waals surface area contributed by atoms with Gasteiger partial charge < -0.3 is 9.64 Å². The first kappa shape index (κ1) is 13.0. The molecule has 96 valence electrons. The minimum absolute atomic E-state index is 0.186. The van der Waals surface area contributed by atoms with Gasteiger partial charge in [-0.05, 0) is 19.2 Å². The van der Waals surface area contributed by atoms with Gasteiger partial charge in [0.05, 0.1) is 5.69 Å². The number of amides is 1. The number of benzene rings is 1. The van der Waals surface area contributed by atoms with Gasteiger partial charge in [0.2, 0.25) is 0 Å². The number of esters is 1. The van der Waals surface area contributed by atoms with Crippen molar-refractivity contribution in [2.45, 2.75) is 18.8 Å². The second kappa shape index (κ2) is 4.65. The van der Waals surface area contributed by atoms with Crippen molar-refractivity contribution >= 4 is 29.3 Å². The lowest BCUT2D eigenvalue weighted by atomic mass is 10.1. The first-order valence-electron chi connectivity index (χ1n) is 5.73. The summed E-state index contributed by atoms with van der Waals surface area (Å²) < 4.78 is 5.35. The van der Waals surface area contributed by atoms with Gasteiger partial charge in [-0.1, -0.05) is 18.2 Å². The Kier molecular flexibility index (Phi) is 3.34. The van der Waals surface area contributed by atoms with Crippen LogP contribution in [0.25, 0.3) is 0 Å². The van der Waals surface area contributed by atoms with Crippen LogP contribution in [0.2, 0.25) is 0 Å². The SMILES string of the molecule is CCN1C(=O)C(OC(C)=O)(SC)c2ccccc21. The molecule has 1 atom stereocenters. The summed E-state index contributed by atoms with van der Waals surface area (Å²) in [6.07, 6.45) is 1.77. The van der Waals surface area contributed by atoms with Gasteiger partial charge in [0, 0.05) is 19.0 Å². The molecule has 5 heteroatoms. The molecule has 18 heavy (non-hydrogen) atoms. The van der Waals surface area contributed by atoms with E-state index in [9.17, 15) is 9.59 Å². The number of para-hydroxylation sites is 1. The van der Waals surface area contributed by atoms with Gasteiger partial charge in [-0.25, -0.2) is 0 Å². The Labute approximate surface area is 110 Å². The quantitative estimate of drug-likeness (QED) is 0.620. The van der Waals surface area contributed by atoms with E-state index in [1.165, 1.54) is 18.7 Å². The molecule has 1 aromatic rings. The Morgan fingerprint density at radius 2 is 2.11 bits per heavy atom. The molecule has 1 aliphatic rings. The van der Waals surface area contributed by atoms with Crippen LogP contribution in [-0.2, 0) is 19.3 Å². The molecule has 1 aliphatic heterocycles. The highest BCUT2D eigenvalue weighted by Crippen LogP contribution is 2.48. The van der Waals surface area contributed by atoms with Crippen LogP contribution in [-0.4, -0.2) is 24.7 Å². The zero-order valence-electron chi connectivity index (χ0n) is 10.6. The number of likely N-dealkylation sites (N-methyl/N-ethyl adjacent to an activating group) is 1. The van der Waals surface area contributed by atoms with Crippen LogP contribution in [0.1, 0.15) is 19.4 Å². The largest absolute Gasteiger partial charge is 0.434 e. The van der Waals surface area contributed by atoms with E-state index >= 15 is 0 Å². The fourth-order valence-electron chi connectivity index (χ4n) is 2.24. The van der Waals surface area contributed by atoms with Crippen molar-refractivity contribution in [3.8, 4) is 0 Å². The summed E-state index contributed by atoms with van der Waals surface area (Å²) in [5, 5.41) is 0. The highest BCUT2D eigenvalue weighted by molar-refractivity contribution is 8.00. The summed E-state index contributed by atoms with van der Waals surface area (Å²) in [4.78, 5) is 24.2. The van der Waals surface area contributed by atoms with Crippen LogP contribution in [0.5, 0.6) is 0 Å². The van der Waals surface area contributed by atoms with Gasteiger partial charge in [0.1, 0.15) is 0 Å². The van der Waals surface area contributed by atoms with Crippen LogP contribution in [0.3, 0.4) is 0 Å². The third-order valence-corrected chi connectivity index (χ3v) is 4.02. The smallest absolute Gasteiger partial charge is 0.304 e. The Bertz CT molecular complexity index is 503. The molecule has 1 amide bonds. The van der Waals surface area contributed by atoms with Gasteiger partial charge in [0.25, 0.3) is 10.8 Å². The number of rotatable bonds is 3. The van der Waals surface area contributed by atoms with Crippen LogP contribution < -0.4 is 4.90 Å². The third kappa shape index (κ3) is 1.70. The molecule has 0 saturated heterocycles. The summed E-state index contributed by atoms with van der Waals surface area (Å²) >= 11 is 1.24. The van der Waals surface area contributed by atoms with Crippen LogP contribution in [0.15, 0.2) is 24.3 Å². The van der Waals surface area contributed by atoms with Crippen LogP contribution >= 0.6 is 11.8 Å². The molecule has 2 rings (SSSR count). The summed E-state index contributed by atoms with van der Waals surface area (Å²) in [7, 11) is 0. The summed E-state index contributed by atoms with van der Waals surface area (Å²) in [5.74, 6) is -0.639. The van der Waals surface area contributed by atoms with E-state index in [4.69, 9.17) is 4.74 Å². The number of carbonyl (C=O) groups is 2. The van der Waals surface area contributed by atoms with Crippen LogP contribution in [0, 0.1) is 0 Å². The second-order valence-electron chi connectivity index (χ2n) is 3.98. The Morgan fingerprint density at radius 1 is 1.44 bits per heavy atom. The molecule has 0 fully saturated rings. The molecule has 1 heterocycles. The Morgan fingerprint density at radius 3 is 2.67 bits per heavy atom. The van der Waals surface area contributed by atoms with Gasteiger partial charge in [-0.3, -0.25) is 9.59 Å². The standard InChI is InChI=1S/C13H15NO3S/c1-4-14-11-8-6-5-7-10(11)13(18-3,12(14)16)17-9(2)15/h5-8H,4H2,1-3H3. The lowest BCUT2D eigenvalue weighted by Gasteiger charge is -2.25. The highest BCUT2D eigenvalue weighted by atomic mass is 32.2. The normalized spacial score (nSPS) is 21.9. The summed E-state index contributed by atoms with van der Waals surface area (Å²) in [6, 6.07) is 7.43. The predicted octanol–water partition coefficient (Wildman–Crippen LogP) is 2.13. The van der Waals surface area contributed by atoms with E-state index in [0.29, 0.717) is 6.54 Å². The Hall–Kier alpha value is -1.49. The van der Waals surface area contributed by atoms with Gasteiger partial charge in [-0.2, -0.15) is 0 Å². The fourth-order valence-corrected chi connectivity index (χ4v) is 3.12. The molecule has 0 spiro atoms. The van der Waals surface area contributed by atoms with E-state index in [1.54, 1.807) is 11.2 Å². The topological polar surface area (TPSA) is 46.6 Å². The number of hydrogen-bond acceptors (Lipinski definition) is 4. The monoisotopic (exact) mass is 265 g/mol. The summed E-state index contributed by atoms with van der Waals surface area (Å²) in [6.45, 7) is 3.78. The number of ether oxygens (including phenoxy) is 1. The maximum Gasteiger partial charge on any atom is 0.304 e. The van der Waals surface area contributed by atoms with E-state index in [1.807, 2.05) is 31.2 Å². The number of nitrogens with zero attached hydrogens (tertiary/aromatic N) is 1. The van der Waals surface area contributed by atoms with E-state index in [-0.39, 0.29) is 5.91 Å². The maximum atomic E-state index is 12.5. The molecule has 0 aromatic heterocycles. The fraction of sp³-hybridized carbons (Fsp3) is 0.385. The molecule has 0 bridgehead atoms. The molecule has 0 aliphatic carbocycles. The number of thioether (sulfide) groups is 1. The van der Waals surface area contributed by atoms with E-state index in [2.05, 4.69) is 0 Å². The molecule has 1 unspecified atom stereocenters. The Balaban J connectivity index is 2.60. The molecular weight excluding hydrogens is 250 g/mol. The van der Waals surface area contributed by atoms with Crippen molar-refractivity contribution in [1.29, 1.82) is 0 Å². The van der Waals surface area contributed by atoms with Gasteiger partial charge in [0.15, 0.2) is 0 Å². The van der Waals surface area contributed by atoms with Crippen molar-refractivity contribution in [3.05, 3.63) is 29.8 Å². The van der Waals surface area contributed by atoms with Crippen molar-refractivity contribution in [2.24, 2.45) is 0 Å². The average Bonchev–Trinajstić information content (AvgIpc) is 2.59. The third-order valence-electron chi connectivity index (χ3n) is 2.97. The molecule has 1 aromatic carbocycles. The summed E-state index contributed by atoms with van der Waals surface area (Å²) in [5.41, 5.74) is 1.57. The first-order valence-corrected chi connectivity index (χ1v) is 6.95. The molecule has 0 saturated carbocycles. The molecule has 4 nitrogen and oxygen atoms in total. The molecular formula is C13H15NO3S. The minimum Gasteiger partial charge on any atom is -0.434 e. The minimum atomic E-state index is -1.22. The number of anilines is 1. The van der Waals surface area contributed by atoms with E-state index in [0.717, 1.165) is 11.3 Å². The van der Waals surface area contributed by atoms with E-state index < -0.39 is 10.9 Å². The molecule has 0 radical (unpaired) electrons.